The van der Waals surface area contributed by atoms with Crippen molar-refractivity contribution in [3.63, 3.8) is 0 Å². The third-order valence-corrected chi connectivity index (χ3v) is 1.22. The van der Waals surface area contributed by atoms with Gasteiger partial charge in [0.05, 0.1) is 0 Å². The molecule has 1 aliphatic rings. The van der Waals surface area contributed by atoms with Gasteiger partial charge in [0.25, 0.3) is 0 Å². The van der Waals surface area contributed by atoms with Crippen molar-refractivity contribution in [1.82, 2.24) is 0 Å². The molecular weight excluding hydrogens is 84.1 g/mol. The fourth-order valence-corrected chi connectivity index (χ4v) is 0.739. The minimum Gasteiger partial charge on any atom is -0.0620 e. The van der Waals surface area contributed by atoms with Gasteiger partial charge < -0.3 is 0 Å². The van der Waals surface area contributed by atoms with Gasteiger partial charge >= 0.3 is 0 Å². The molecule has 0 amide bonds. The van der Waals surface area contributed by atoms with Crippen molar-refractivity contribution < 1.29 is 1.37 Å². The van der Waals surface area contributed by atoms with Gasteiger partial charge in [0, 0.05) is 1.37 Å². The van der Waals surface area contributed by atoms with E-state index in [4.69, 9.17) is 1.37 Å². The molecule has 0 radical (unpaired) electrons. The van der Waals surface area contributed by atoms with Gasteiger partial charge in [-0.1, -0.05) is 24.3 Å². The highest BCUT2D eigenvalue weighted by Gasteiger charge is 2.12. The molecule has 0 aliphatic heterocycles. The van der Waals surface area contributed by atoms with E-state index < -0.39 is 0 Å². The standard InChI is InChI=1S/C7H6/c1-2-4-7-5-6(7)3-1/h1-4H,5H2/i5D. The second-order valence-corrected chi connectivity index (χ2v) is 1.77. The van der Waals surface area contributed by atoms with Gasteiger partial charge in [-0.25, -0.2) is 0 Å². The monoisotopic (exact) mass is 91.1 g/mol. The highest BCUT2D eigenvalue weighted by molar-refractivity contribution is 5.44. The van der Waals surface area contributed by atoms with E-state index in [1.54, 1.807) is 0 Å². The topological polar surface area (TPSA) is 0 Å². The highest BCUT2D eigenvalue weighted by atomic mass is 14.2. The predicted molar refractivity (Wildman–Crippen MR) is 29.2 cm³/mol. The van der Waals surface area contributed by atoms with E-state index in [1.807, 2.05) is 24.3 Å². The Kier molecular flexibility index (Phi) is 0.319. The van der Waals surface area contributed by atoms with E-state index in [1.165, 1.54) is 11.1 Å². The first-order chi connectivity index (χ1) is 3.89. The van der Waals surface area contributed by atoms with Gasteiger partial charge in [-0.05, 0) is 17.5 Å². The lowest BCUT2D eigenvalue weighted by Crippen LogP contribution is -1.48. The van der Waals surface area contributed by atoms with Crippen LogP contribution >= 0.6 is 0 Å². The summed E-state index contributed by atoms with van der Waals surface area (Å²) in [6.45, 7) is 0. The van der Waals surface area contributed by atoms with Crippen LogP contribution in [0.3, 0.4) is 0 Å². The first kappa shape index (κ1) is 2.51. The van der Waals surface area contributed by atoms with Crippen molar-refractivity contribution in [1.29, 1.82) is 0 Å². The third-order valence-electron chi connectivity index (χ3n) is 1.22. The second-order valence-electron chi connectivity index (χ2n) is 1.77. The molecule has 0 nitrogen and oxygen atoms in total. The van der Waals surface area contributed by atoms with Crippen LogP contribution in [0.15, 0.2) is 24.3 Å². The number of benzene rings is 1. The zero-order valence-electron chi connectivity index (χ0n) is 4.89. The molecule has 1 aliphatic carbocycles. The smallest absolute Gasteiger partial charge is 0.0366 e. The lowest BCUT2D eigenvalue weighted by molar-refractivity contribution is 1.61. The number of rotatable bonds is 0. The molecule has 0 fully saturated rings. The Morgan fingerprint density at radius 2 is 1.86 bits per heavy atom. The van der Waals surface area contributed by atoms with Gasteiger partial charge in [0.1, 0.15) is 0 Å². The van der Waals surface area contributed by atoms with Gasteiger partial charge in [0.2, 0.25) is 0 Å². The number of fused-ring (bicyclic) bond motifs is 1. The Bertz CT molecular complexity index is 194. The first-order valence-electron chi connectivity index (χ1n) is 2.98. The van der Waals surface area contributed by atoms with E-state index in [0.717, 1.165) is 0 Å². The summed E-state index contributed by atoms with van der Waals surface area (Å²) in [6.07, 6.45) is 0.0185. The SMILES string of the molecule is [2H]C1c2ccccc21. The summed E-state index contributed by atoms with van der Waals surface area (Å²) < 4.78 is 7.27. The molecule has 1 aromatic carbocycles. The van der Waals surface area contributed by atoms with Gasteiger partial charge in [-0.15, -0.1) is 0 Å². The van der Waals surface area contributed by atoms with Crippen LogP contribution < -0.4 is 0 Å². The highest BCUT2D eigenvalue weighted by Crippen LogP contribution is 2.25. The molecule has 0 saturated heterocycles. The largest absolute Gasteiger partial charge is 0.0620 e. The summed E-state index contributed by atoms with van der Waals surface area (Å²) in [5, 5.41) is 0. The lowest BCUT2D eigenvalue weighted by atomic mass is 10.4. The maximum atomic E-state index is 7.27. The summed E-state index contributed by atoms with van der Waals surface area (Å²) in [5.41, 5.74) is 2.40. The molecule has 0 heterocycles. The van der Waals surface area contributed by atoms with Crippen molar-refractivity contribution in [3.8, 4) is 0 Å². The number of hydrogen-bond donors (Lipinski definition) is 0. The maximum Gasteiger partial charge on any atom is 0.0366 e. The average molecular weight is 91.1 g/mol. The molecule has 0 spiro atoms. The molecule has 0 saturated carbocycles. The van der Waals surface area contributed by atoms with E-state index >= 15 is 0 Å². The molecule has 1 aromatic rings. The number of hydrogen-bond acceptors (Lipinski definition) is 0. The molecule has 0 N–H and O–H groups in total. The molecular formula is C7H6. The first-order valence-corrected chi connectivity index (χ1v) is 2.40. The molecule has 0 unspecified atom stereocenters. The fraction of sp³-hybridized carbons (Fsp3) is 0.143. The van der Waals surface area contributed by atoms with Gasteiger partial charge in [-0.3, -0.25) is 0 Å². The summed E-state index contributed by atoms with van der Waals surface area (Å²) in [7, 11) is 0. The minimum absolute atomic E-state index is 0.0185. The molecule has 34 valence electrons. The molecule has 7 heavy (non-hydrogen) atoms. The molecule has 2 rings (SSSR count). The van der Waals surface area contributed by atoms with Crippen LogP contribution in [0, 0.1) is 0 Å². The Balaban J connectivity index is 2.58. The van der Waals surface area contributed by atoms with Crippen molar-refractivity contribution in [2.75, 3.05) is 0 Å². The third kappa shape index (κ3) is 0.362. The zero-order chi connectivity index (χ0) is 5.56. The molecule has 0 atom stereocenters. The van der Waals surface area contributed by atoms with Crippen molar-refractivity contribution in [3.05, 3.63) is 35.4 Å². The van der Waals surface area contributed by atoms with Gasteiger partial charge in [-0.2, -0.15) is 0 Å². The predicted octanol–water partition coefficient (Wildman–Crippen LogP) is 1.59. The van der Waals surface area contributed by atoms with E-state index in [-0.39, 0.29) is 6.40 Å². The van der Waals surface area contributed by atoms with E-state index in [0.29, 0.717) is 0 Å². The van der Waals surface area contributed by atoms with Crippen LogP contribution in [0.2, 0.25) is 0 Å². The average Bonchev–Trinajstić information content (AvgIpc) is 2.46. The lowest BCUT2D eigenvalue weighted by Gasteiger charge is -1.69. The Morgan fingerprint density at radius 1 is 1.29 bits per heavy atom. The Morgan fingerprint density at radius 3 is 2.29 bits per heavy atom. The zero-order valence-corrected chi connectivity index (χ0v) is 3.89. The fourth-order valence-electron chi connectivity index (χ4n) is 0.739. The van der Waals surface area contributed by atoms with E-state index in [2.05, 4.69) is 0 Å². The van der Waals surface area contributed by atoms with Crippen LogP contribution in [-0.2, 0) is 6.40 Å². The van der Waals surface area contributed by atoms with Crippen molar-refractivity contribution >= 4 is 0 Å². The van der Waals surface area contributed by atoms with Crippen LogP contribution in [-0.4, -0.2) is 0 Å². The van der Waals surface area contributed by atoms with Gasteiger partial charge in [0.15, 0.2) is 0 Å². The molecule has 0 heteroatoms. The quantitative estimate of drug-likeness (QED) is 0.455. The molecule has 0 aromatic heterocycles. The van der Waals surface area contributed by atoms with Crippen LogP contribution in [0.5, 0.6) is 0 Å². The normalized spacial score (nSPS) is 18.0. The summed E-state index contributed by atoms with van der Waals surface area (Å²) in [5.74, 6) is 0. The van der Waals surface area contributed by atoms with E-state index in [9.17, 15) is 0 Å². The van der Waals surface area contributed by atoms with Crippen LogP contribution in [0.25, 0.3) is 0 Å². The van der Waals surface area contributed by atoms with Crippen molar-refractivity contribution in [2.24, 2.45) is 0 Å². The summed E-state index contributed by atoms with van der Waals surface area (Å²) in [4.78, 5) is 0. The van der Waals surface area contributed by atoms with Crippen molar-refractivity contribution in [2.45, 2.75) is 6.40 Å². The Labute approximate surface area is 44.2 Å². The second kappa shape index (κ2) is 0.890. The van der Waals surface area contributed by atoms with Crippen LogP contribution in [0.4, 0.5) is 0 Å². The summed E-state index contributed by atoms with van der Waals surface area (Å²) in [6, 6.07) is 7.97. The Hall–Kier alpha value is -0.780. The van der Waals surface area contributed by atoms with Crippen LogP contribution in [0.1, 0.15) is 12.5 Å². The minimum atomic E-state index is 0.0185. The summed E-state index contributed by atoms with van der Waals surface area (Å²) >= 11 is 0. The molecule has 0 bridgehead atoms. The maximum absolute atomic E-state index is 7.27.